The highest BCUT2D eigenvalue weighted by Gasteiger charge is 2.21. The number of hydrogen-bond donors (Lipinski definition) is 1. The van der Waals surface area contributed by atoms with E-state index in [1.165, 1.54) is 51.6 Å². The molecule has 0 aliphatic carbocycles. The Morgan fingerprint density at radius 2 is 2.06 bits per heavy atom. The highest BCUT2D eigenvalue weighted by Crippen LogP contribution is 2.17. The van der Waals surface area contributed by atoms with Crippen LogP contribution in [0.4, 0.5) is 0 Å². The molecule has 16 heavy (non-hydrogen) atoms. The second-order valence-corrected chi connectivity index (χ2v) is 5.26. The Kier molecular flexibility index (Phi) is 5.07. The average molecular weight is 226 g/mol. The first-order valence-corrected chi connectivity index (χ1v) is 6.89. The van der Waals surface area contributed by atoms with E-state index in [4.69, 9.17) is 4.74 Å². The van der Waals surface area contributed by atoms with Gasteiger partial charge >= 0.3 is 0 Å². The molecule has 2 aliphatic heterocycles. The van der Waals surface area contributed by atoms with Crippen LogP contribution in [0.3, 0.4) is 0 Å². The first-order valence-electron chi connectivity index (χ1n) is 6.89. The third kappa shape index (κ3) is 3.72. The second-order valence-electron chi connectivity index (χ2n) is 5.26. The molecule has 1 N–H and O–H groups in total. The van der Waals surface area contributed by atoms with Crippen LogP contribution < -0.4 is 5.32 Å². The van der Waals surface area contributed by atoms with Crippen LogP contribution in [0.5, 0.6) is 0 Å². The third-order valence-corrected chi connectivity index (χ3v) is 3.93. The minimum Gasteiger partial charge on any atom is -0.377 e. The quantitative estimate of drug-likeness (QED) is 0.791. The van der Waals surface area contributed by atoms with Crippen molar-refractivity contribution in [2.75, 3.05) is 33.3 Å². The molecule has 0 radical (unpaired) electrons. The van der Waals surface area contributed by atoms with Crippen molar-refractivity contribution in [1.82, 2.24) is 10.2 Å². The van der Waals surface area contributed by atoms with Gasteiger partial charge in [0, 0.05) is 19.2 Å². The van der Waals surface area contributed by atoms with Gasteiger partial charge in [0.2, 0.25) is 0 Å². The van der Waals surface area contributed by atoms with Crippen LogP contribution in [0.25, 0.3) is 0 Å². The summed E-state index contributed by atoms with van der Waals surface area (Å²) in [5, 5.41) is 3.48. The molecule has 0 bridgehead atoms. The van der Waals surface area contributed by atoms with Crippen molar-refractivity contribution in [2.24, 2.45) is 0 Å². The van der Waals surface area contributed by atoms with E-state index in [0.29, 0.717) is 6.10 Å². The van der Waals surface area contributed by atoms with Crippen molar-refractivity contribution >= 4 is 0 Å². The van der Waals surface area contributed by atoms with E-state index in [9.17, 15) is 0 Å². The summed E-state index contributed by atoms with van der Waals surface area (Å²) in [5.41, 5.74) is 0. The lowest BCUT2D eigenvalue weighted by atomic mass is 10.1. The molecule has 3 nitrogen and oxygen atoms in total. The summed E-state index contributed by atoms with van der Waals surface area (Å²) >= 11 is 0. The molecule has 0 saturated carbocycles. The number of likely N-dealkylation sites (N-methyl/N-ethyl adjacent to an activating group) is 1. The fourth-order valence-corrected chi connectivity index (χ4v) is 2.86. The van der Waals surface area contributed by atoms with Gasteiger partial charge in [0.05, 0.1) is 6.10 Å². The lowest BCUT2D eigenvalue weighted by Gasteiger charge is -2.32. The lowest BCUT2D eigenvalue weighted by Crippen LogP contribution is -2.40. The van der Waals surface area contributed by atoms with Crippen molar-refractivity contribution in [3.8, 4) is 0 Å². The number of nitrogens with one attached hydrogen (secondary N) is 1. The minimum atomic E-state index is 0.495. The standard InChI is InChI=1S/C13H26N2O/c1-15(11-13-6-2-3-10-16-13)12-5-4-8-14-9-7-12/h12-14H,2-11H2,1H3. The normalized spacial score (nSPS) is 32.6. The van der Waals surface area contributed by atoms with Gasteiger partial charge in [-0.2, -0.15) is 0 Å². The van der Waals surface area contributed by atoms with Crippen molar-refractivity contribution in [1.29, 1.82) is 0 Å². The molecule has 2 aliphatic rings. The SMILES string of the molecule is CN(CC1CCCCO1)C1CCCNCC1. The smallest absolute Gasteiger partial charge is 0.0702 e. The maximum absolute atomic E-state index is 5.81. The van der Waals surface area contributed by atoms with Crippen LogP contribution in [0.1, 0.15) is 38.5 Å². The van der Waals surface area contributed by atoms with E-state index < -0.39 is 0 Å². The largest absolute Gasteiger partial charge is 0.377 e. The van der Waals surface area contributed by atoms with E-state index in [1.54, 1.807) is 0 Å². The molecular weight excluding hydrogens is 200 g/mol. The third-order valence-electron chi connectivity index (χ3n) is 3.93. The van der Waals surface area contributed by atoms with Gasteiger partial charge in [-0.15, -0.1) is 0 Å². The molecule has 2 fully saturated rings. The van der Waals surface area contributed by atoms with Crippen LogP contribution in [-0.2, 0) is 4.74 Å². The monoisotopic (exact) mass is 226 g/mol. The van der Waals surface area contributed by atoms with Crippen molar-refractivity contribution in [2.45, 2.75) is 50.7 Å². The predicted molar refractivity (Wildman–Crippen MR) is 66.7 cm³/mol. The number of nitrogens with zero attached hydrogens (tertiary/aromatic N) is 1. The van der Waals surface area contributed by atoms with Gasteiger partial charge in [0.25, 0.3) is 0 Å². The highest BCUT2D eigenvalue weighted by atomic mass is 16.5. The highest BCUT2D eigenvalue weighted by molar-refractivity contribution is 4.77. The van der Waals surface area contributed by atoms with Crippen molar-refractivity contribution in [3.05, 3.63) is 0 Å². The summed E-state index contributed by atoms with van der Waals surface area (Å²) in [6.45, 7) is 4.49. The van der Waals surface area contributed by atoms with Crippen LogP contribution in [-0.4, -0.2) is 50.3 Å². The van der Waals surface area contributed by atoms with E-state index in [1.807, 2.05) is 0 Å². The minimum absolute atomic E-state index is 0.495. The predicted octanol–water partition coefficient (Wildman–Crippen LogP) is 1.63. The molecule has 2 rings (SSSR count). The Hall–Kier alpha value is -0.120. The Labute approximate surface area is 99.5 Å². The summed E-state index contributed by atoms with van der Waals surface area (Å²) in [5.74, 6) is 0. The Morgan fingerprint density at radius 1 is 1.12 bits per heavy atom. The van der Waals surface area contributed by atoms with Gasteiger partial charge in [-0.05, 0) is 58.7 Å². The van der Waals surface area contributed by atoms with E-state index in [0.717, 1.165) is 19.2 Å². The fourth-order valence-electron chi connectivity index (χ4n) is 2.86. The zero-order valence-corrected chi connectivity index (χ0v) is 10.6. The number of ether oxygens (including phenoxy) is 1. The first-order chi connectivity index (χ1) is 7.86. The summed E-state index contributed by atoms with van der Waals surface area (Å²) in [4.78, 5) is 2.53. The van der Waals surface area contributed by atoms with Gasteiger partial charge in [-0.25, -0.2) is 0 Å². The van der Waals surface area contributed by atoms with E-state index in [2.05, 4.69) is 17.3 Å². The Morgan fingerprint density at radius 3 is 2.88 bits per heavy atom. The zero-order chi connectivity index (χ0) is 11.2. The fraction of sp³-hybridized carbons (Fsp3) is 1.00. The summed E-state index contributed by atoms with van der Waals surface area (Å²) in [6.07, 6.45) is 8.32. The van der Waals surface area contributed by atoms with Crippen LogP contribution in [0.2, 0.25) is 0 Å². The number of hydrogen-bond acceptors (Lipinski definition) is 3. The van der Waals surface area contributed by atoms with Crippen LogP contribution in [0, 0.1) is 0 Å². The molecule has 3 heteroatoms. The summed E-state index contributed by atoms with van der Waals surface area (Å²) in [6, 6.07) is 0.764. The molecule has 2 atom stereocenters. The maximum Gasteiger partial charge on any atom is 0.0702 e. The van der Waals surface area contributed by atoms with Crippen molar-refractivity contribution in [3.63, 3.8) is 0 Å². The van der Waals surface area contributed by atoms with Crippen molar-refractivity contribution < 1.29 is 4.74 Å². The molecule has 0 spiro atoms. The molecule has 0 amide bonds. The topological polar surface area (TPSA) is 24.5 Å². The molecule has 2 saturated heterocycles. The van der Waals surface area contributed by atoms with Gasteiger partial charge in [0.15, 0.2) is 0 Å². The lowest BCUT2D eigenvalue weighted by molar-refractivity contribution is -0.00898. The van der Waals surface area contributed by atoms with Gasteiger partial charge in [0.1, 0.15) is 0 Å². The molecule has 0 aromatic carbocycles. The Bertz CT molecular complexity index is 184. The molecular formula is C13H26N2O. The molecule has 0 aromatic heterocycles. The van der Waals surface area contributed by atoms with E-state index in [-0.39, 0.29) is 0 Å². The second kappa shape index (κ2) is 6.58. The first kappa shape index (κ1) is 12.3. The van der Waals surface area contributed by atoms with E-state index >= 15 is 0 Å². The summed E-state index contributed by atoms with van der Waals surface area (Å²) < 4.78 is 5.81. The molecule has 94 valence electrons. The summed E-state index contributed by atoms with van der Waals surface area (Å²) in [7, 11) is 2.27. The van der Waals surface area contributed by atoms with Gasteiger partial charge in [-0.1, -0.05) is 0 Å². The van der Waals surface area contributed by atoms with Crippen LogP contribution >= 0.6 is 0 Å². The molecule has 2 heterocycles. The Balaban J connectivity index is 1.74. The number of rotatable bonds is 3. The molecule has 2 unspecified atom stereocenters. The zero-order valence-electron chi connectivity index (χ0n) is 10.6. The molecule has 0 aromatic rings. The van der Waals surface area contributed by atoms with Gasteiger partial charge < -0.3 is 15.0 Å². The maximum atomic E-state index is 5.81. The van der Waals surface area contributed by atoms with Gasteiger partial charge in [-0.3, -0.25) is 0 Å². The average Bonchev–Trinajstić information content (AvgIpc) is 2.59. The van der Waals surface area contributed by atoms with Crippen LogP contribution in [0.15, 0.2) is 0 Å².